The number of rotatable bonds is 6. The number of nitrogens with zero attached hydrogens (tertiary/aromatic N) is 2. The maximum atomic E-state index is 12.1. The lowest BCUT2D eigenvalue weighted by atomic mass is 10.1. The first-order valence-electron chi connectivity index (χ1n) is 9.87. The standard InChI is InChI=1S/C20H29N5O2S/c1-20(2,3)21-17(26)14-23-9-11-24(12-10-23)15-25-19(28)27-18(22-25)13-16-7-5-4-6-8-16/h4-8H,9-15H2,1-3H3,(H,21,26)/p+2. The average Bonchev–Trinajstić information content (AvgIpc) is 2.95. The molecule has 1 aliphatic heterocycles. The molecule has 28 heavy (non-hydrogen) atoms. The number of piperazine rings is 1. The minimum absolute atomic E-state index is 0.121. The zero-order valence-electron chi connectivity index (χ0n) is 17.0. The Morgan fingerprint density at radius 3 is 2.46 bits per heavy atom. The molecule has 0 atom stereocenters. The quantitative estimate of drug-likeness (QED) is 0.565. The molecule has 0 aliphatic carbocycles. The van der Waals surface area contributed by atoms with Crippen molar-refractivity contribution < 1.29 is 19.0 Å². The van der Waals surface area contributed by atoms with E-state index >= 15 is 0 Å². The van der Waals surface area contributed by atoms with Gasteiger partial charge in [-0.2, -0.15) is 4.68 Å². The molecule has 0 saturated carbocycles. The van der Waals surface area contributed by atoms with Gasteiger partial charge in [-0.3, -0.25) is 4.79 Å². The minimum Gasteiger partial charge on any atom is -0.413 e. The lowest BCUT2D eigenvalue weighted by Crippen LogP contribution is -3.28. The van der Waals surface area contributed by atoms with E-state index in [-0.39, 0.29) is 11.4 Å². The van der Waals surface area contributed by atoms with Crippen molar-refractivity contribution in [3.63, 3.8) is 0 Å². The van der Waals surface area contributed by atoms with E-state index in [1.54, 1.807) is 4.68 Å². The molecular weight excluding hydrogens is 374 g/mol. The van der Waals surface area contributed by atoms with Crippen LogP contribution >= 0.6 is 12.2 Å². The Bertz CT molecular complexity index is 832. The minimum atomic E-state index is -0.176. The van der Waals surface area contributed by atoms with Gasteiger partial charge in [-0.05, 0) is 38.6 Å². The van der Waals surface area contributed by atoms with Crippen LogP contribution in [0.1, 0.15) is 32.2 Å². The lowest BCUT2D eigenvalue weighted by Gasteiger charge is -2.30. The van der Waals surface area contributed by atoms with Crippen LogP contribution in [0.25, 0.3) is 0 Å². The molecule has 1 amide bonds. The van der Waals surface area contributed by atoms with Crippen molar-refractivity contribution in [3.05, 3.63) is 46.6 Å². The number of aromatic nitrogens is 2. The molecule has 0 spiro atoms. The van der Waals surface area contributed by atoms with E-state index < -0.39 is 0 Å². The Kier molecular flexibility index (Phi) is 6.64. The van der Waals surface area contributed by atoms with Crippen molar-refractivity contribution in [1.29, 1.82) is 0 Å². The summed E-state index contributed by atoms with van der Waals surface area (Å²) in [5.41, 5.74) is 0.980. The normalized spacial score (nSPS) is 20.1. The fourth-order valence-electron chi connectivity index (χ4n) is 3.48. The molecule has 3 rings (SSSR count). The summed E-state index contributed by atoms with van der Waals surface area (Å²) in [7, 11) is 0. The number of hydrogen-bond donors (Lipinski definition) is 3. The third-order valence-electron chi connectivity index (χ3n) is 4.81. The zero-order valence-corrected chi connectivity index (χ0v) is 17.8. The van der Waals surface area contributed by atoms with Crippen LogP contribution in [0.3, 0.4) is 0 Å². The SMILES string of the molecule is CC(C)(C)NC(=O)C[NH+]1CC[NH+](Cn2nc(Cc3ccccc3)oc2=S)CC1. The number of carbonyl (C=O) groups excluding carboxylic acids is 1. The fourth-order valence-corrected chi connectivity index (χ4v) is 3.69. The highest BCUT2D eigenvalue weighted by Crippen LogP contribution is 2.07. The Labute approximate surface area is 171 Å². The van der Waals surface area contributed by atoms with Crippen LogP contribution in [0, 0.1) is 4.84 Å². The van der Waals surface area contributed by atoms with Crippen LogP contribution in [-0.4, -0.2) is 54.0 Å². The van der Waals surface area contributed by atoms with Gasteiger partial charge in [-0.1, -0.05) is 30.3 Å². The third kappa shape index (κ3) is 6.25. The van der Waals surface area contributed by atoms with Gasteiger partial charge in [0.1, 0.15) is 26.2 Å². The van der Waals surface area contributed by atoms with Gasteiger partial charge in [0, 0.05) is 5.54 Å². The Balaban J connectivity index is 1.48. The van der Waals surface area contributed by atoms with E-state index in [1.807, 2.05) is 39.0 Å². The summed E-state index contributed by atoms with van der Waals surface area (Å²) in [4.78, 5) is 15.3. The molecule has 1 aromatic carbocycles. The van der Waals surface area contributed by atoms with Gasteiger partial charge in [0.2, 0.25) is 5.89 Å². The third-order valence-corrected chi connectivity index (χ3v) is 5.10. The highest BCUT2D eigenvalue weighted by atomic mass is 32.1. The number of nitrogens with one attached hydrogen (secondary N) is 3. The number of amides is 1. The lowest BCUT2D eigenvalue weighted by molar-refractivity contribution is -1.02. The number of benzene rings is 1. The van der Waals surface area contributed by atoms with Gasteiger partial charge < -0.3 is 19.5 Å². The van der Waals surface area contributed by atoms with Crippen LogP contribution in [0.5, 0.6) is 0 Å². The first-order chi connectivity index (χ1) is 13.3. The van der Waals surface area contributed by atoms with Gasteiger partial charge in [-0.15, -0.1) is 5.10 Å². The molecule has 1 fully saturated rings. The largest absolute Gasteiger partial charge is 0.413 e. The molecule has 1 saturated heterocycles. The van der Waals surface area contributed by atoms with E-state index in [1.165, 1.54) is 9.80 Å². The topological polar surface area (TPSA) is 68.9 Å². The summed E-state index contributed by atoms with van der Waals surface area (Å²) in [5, 5.41) is 7.60. The van der Waals surface area contributed by atoms with Crippen molar-refractivity contribution in [3.8, 4) is 0 Å². The van der Waals surface area contributed by atoms with Crippen LogP contribution < -0.4 is 15.1 Å². The molecule has 0 bridgehead atoms. The molecule has 3 N–H and O–H groups in total. The van der Waals surface area contributed by atoms with Crippen molar-refractivity contribution in [2.45, 2.75) is 39.4 Å². The summed E-state index contributed by atoms with van der Waals surface area (Å²) in [6.07, 6.45) is 0.646. The first-order valence-corrected chi connectivity index (χ1v) is 10.3. The predicted molar refractivity (Wildman–Crippen MR) is 109 cm³/mol. The maximum Gasteiger partial charge on any atom is 0.291 e. The average molecular weight is 406 g/mol. The van der Waals surface area contributed by atoms with Gasteiger partial charge >= 0.3 is 0 Å². The molecule has 0 radical (unpaired) electrons. The summed E-state index contributed by atoms with van der Waals surface area (Å²) < 4.78 is 7.47. The second kappa shape index (κ2) is 8.98. The van der Waals surface area contributed by atoms with E-state index in [0.717, 1.165) is 31.7 Å². The molecule has 0 unspecified atom stereocenters. The Morgan fingerprint density at radius 1 is 1.18 bits per heavy atom. The predicted octanol–water partition coefficient (Wildman–Crippen LogP) is -0.548. The maximum absolute atomic E-state index is 12.1. The molecular formula is C20H31N5O2S+2. The second-order valence-corrected chi connectivity index (χ2v) is 8.91. The van der Waals surface area contributed by atoms with Crippen molar-refractivity contribution in [2.75, 3.05) is 32.7 Å². The van der Waals surface area contributed by atoms with Crippen LogP contribution in [0.2, 0.25) is 0 Å². The number of quaternary nitrogens is 2. The highest BCUT2D eigenvalue weighted by molar-refractivity contribution is 7.71. The van der Waals surface area contributed by atoms with Crippen molar-refractivity contribution >= 4 is 18.1 Å². The summed E-state index contributed by atoms with van der Waals surface area (Å²) in [6.45, 7) is 11.2. The number of hydrogen-bond acceptors (Lipinski definition) is 4. The zero-order chi connectivity index (χ0) is 20.1. The monoisotopic (exact) mass is 405 g/mol. The summed E-state index contributed by atoms with van der Waals surface area (Å²) >= 11 is 5.35. The van der Waals surface area contributed by atoms with E-state index in [2.05, 4.69) is 22.5 Å². The first kappa shape index (κ1) is 20.7. The van der Waals surface area contributed by atoms with Crippen LogP contribution in [0.4, 0.5) is 0 Å². The molecule has 1 aromatic heterocycles. The van der Waals surface area contributed by atoms with Gasteiger partial charge in [0.25, 0.3) is 10.7 Å². The summed E-state index contributed by atoms with van der Waals surface area (Å²) in [6, 6.07) is 10.1. The van der Waals surface area contributed by atoms with Crippen LogP contribution in [-0.2, 0) is 17.9 Å². The second-order valence-electron chi connectivity index (χ2n) is 8.56. The molecule has 2 heterocycles. The smallest absolute Gasteiger partial charge is 0.291 e. The molecule has 1 aliphatic rings. The number of carbonyl (C=O) groups is 1. The van der Waals surface area contributed by atoms with Crippen LogP contribution in [0.15, 0.2) is 34.7 Å². The van der Waals surface area contributed by atoms with E-state index in [4.69, 9.17) is 16.6 Å². The summed E-state index contributed by atoms with van der Waals surface area (Å²) in [5.74, 6) is 0.772. The van der Waals surface area contributed by atoms with Gasteiger partial charge in [0.05, 0.1) is 6.42 Å². The van der Waals surface area contributed by atoms with Crippen molar-refractivity contribution in [1.82, 2.24) is 15.1 Å². The fraction of sp³-hybridized carbons (Fsp3) is 0.550. The van der Waals surface area contributed by atoms with E-state index in [9.17, 15) is 4.79 Å². The molecule has 8 heteroatoms. The van der Waals surface area contributed by atoms with Crippen molar-refractivity contribution in [2.24, 2.45) is 0 Å². The van der Waals surface area contributed by atoms with Gasteiger partial charge in [0.15, 0.2) is 13.2 Å². The molecule has 152 valence electrons. The molecule has 2 aromatic rings. The molecule has 7 nitrogen and oxygen atoms in total. The Hall–Kier alpha value is -2.03. The van der Waals surface area contributed by atoms with E-state index in [0.29, 0.717) is 30.4 Å². The Morgan fingerprint density at radius 2 is 1.82 bits per heavy atom. The van der Waals surface area contributed by atoms with Gasteiger partial charge in [-0.25, -0.2) is 0 Å². The highest BCUT2D eigenvalue weighted by Gasteiger charge is 2.26.